The molecule has 2 N–H and O–H groups in total. The van der Waals surface area contributed by atoms with Crippen molar-refractivity contribution in [3.8, 4) is 0 Å². The number of nitrogens with zero attached hydrogens (tertiary/aromatic N) is 2. The van der Waals surface area contributed by atoms with Crippen LogP contribution in [0, 0.1) is 0 Å². The number of carbonyl (C=O) groups is 3. The van der Waals surface area contributed by atoms with Gasteiger partial charge in [0, 0.05) is 24.8 Å². The highest BCUT2D eigenvalue weighted by molar-refractivity contribution is 6.21. The molecule has 0 saturated carbocycles. The maximum atomic E-state index is 12.4. The number of aliphatic hydroxyl groups is 1. The molecule has 3 aliphatic rings. The van der Waals surface area contributed by atoms with Crippen LogP contribution in [0.4, 0.5) is 0 Å². The number of hydrogen-bond donors (Lipinski definition) is 2. The summed E-state index contributed by atoms with van der Waals surface area (Å²) >= 11 is 0. The van der Waals surface area contributed by atoms with E-state index < -0.39 is 6.10 Å². The van der Waals surface area contributed by atoms with E-state index >= 15 is 0 Å². The number of hydrogen-bond acceptors (Lipinski definition) is 6. The molecule has 1 saturated heterocycles. The van der Waals surface area contributed by atoms with E-state index in [2.05, 4.69) is 5.32 Å². The lowest BCUT2D eigenvalue weighted by atomic mass is 10.1. The monoisotopic (exact) mass is 411 g/mol. The minimum absolute atomic E-state index is 0.0201. The highest BCUT2D eigenvalue weighted by Crippen LogP contribution is 2.22. The molecule has 158 valence electrons. The predicted molar refractivity (Wildman–Crippen MR) is 109 cm³/mol. The van der Waals surface area contributed by atoms with Crippen molar-refractivity contribution < 1.29 is 24.2 Å². The van der Waals surface area contributed by atoms with Gasteiger partial charge in [0.2, 0.25) is 0 Å². The number of morpholine rings is 1. The van der Waals surface area contributed by atoms with Crippen LogP contribution in [0.3, 0.4) is 0 Å². The van der Waals surface area contributed by atoms with Crippen LogP contribution < -0.4 is 5.32 Å². The number of carbonyl (C=O) groups excluding carboxylic acids is 3. The minimum atomic E-state index is -0.878. The largest absolute Gasteiger partial charge is 0.390 e. The molecule has 1 aliphatic carbocycles. The fourth-order valence-corrected chi connectivity index (χ4v) is 3.92. The van der Waals surface area contributed by atoms with Crippen LogP contribution in [-0.4, -0.2) is 77.6 Å². The normalized spacial score (nSPS) is 22.8. The molecular weight excluding hydrogens is 386 g/mol. The Labute approximate surface area is 174 Å². The van der Waals surface area contributed by atoms with E-state index in [-0.39, 0.29) is 43.5 Å². The Kier molecular flexibility index (Phi) is 6.08. The van der Waals surface area contributed by atoms with Gasteiger partial charge in [0.15, 0.2) is 0 Å². The number of allylic oxidation sites excluding steroid dienone is 2. The lowest BCUT2D eigenvalue weighted by Gasteiger charge is -2.27. The molecule has 2 atom stereocenters. The molecule has 4 rings (SSSR count). The Morgan fingerprint density at radius 2 is 1.90 bits per heavy atom. The molecule has 3 amide bonds. The number of nitrogens with one attached hydrogen (secondary N) is 1. The maximum Gasteiger partial charge on any atom is 0.261 e. The summed E-state index contributed by atoms with van der Waals surface area (Å²) in [6, 6.07) is 6.71. The SMILES string of the molecule is O=C1COCCN1C1=CCCC(NCC(O)CN2C(=O)c3ccccc3C2=O)C=C1. The molecule has 2 aliphatic heterocycles. The van der Waals surface area contributed by atoms with Crippen LogP contribution in [-0.2, 0) is 9.53 Å². The van der Waals surface area contributed by atoms with Crippen molar-refractivity contribution in [2.24, 2.45) is 0 Å². The van der Waals surface area contributed by atoms with Crippen LogP contribution in [0.25, 0.3) is 0 Å². The summed E-state index contributed by atoms with van der Waals surface area (Å²) in [4.78, 5) is 39.7. The average molecular weight is 411 g/mol. The average Bonchev–Trinajstić information content (AvgIpc) is 2.92. The number of imide groups is 1. The van der Waals surface area contributed by atoms with Gasteiger partial charge < -0.3 is 20.1 Å². The van der Waals surface area contributed by atoms with Crippen molar-refractivity contribution in [2.45, 2.75) is 25.0 Å². The van der Waals surface area contributed by atoms with E-state index in [1.165, 1.54) is 0 Å². The van der Waals surface area contributed by atoms with Gasteiger partial charge in [-0.25, -0.2) is 0 Å². The van der Waals surface area contributed by atoms with Crippen LogP contribution in [0.5, 0.6) is 0 Å². The molecule has 1 aromatic rings. The van der Waals surface area contributed by atoms with Gasteiger partial charge in [0.25, 0.3) is 17.7 Å². The fraction of sp³-hybridized carbons (Fsp3) is 0.409. The summed E-state index contributed by atoms with van der Waals surface area (Å²) in [6.45, 7) is 1.38. The summed E-state index contributed by atoms with van der Waals surface area (Å²) in [7, 11) is 0. The zero-order chi connectivity index (χ0) is 21.1. The second-order valence-electron chi connectivity index (χ2n) is 7.60. The van der Waals surface area contributed by atoms with Gasteiger partial charge in [-0.1, -0.05) is 24.3 Å². The number of aliphatic hydroxyl groups excluding tert-OH is 1. The minimum Gasteiger partial charge on any atom is -0.390 e. The van der Waals surface area contributed by atoms with Crippen LogP contribution >= 0.6 is 0 Å². The molecule has 2 heterocycles. The first-order chi connectivity index (χ1) is 14.5. The Hall–Kier alpha value is -2.81. The van der Waals surface area contributed by atoms with E-state index in [0.29, 0.717) is 24.3 Å². The summed E-state index contributed by atoms with van der Waals surface area (Å²) in [5, 5.41) is 13.7. The summed E-state index contributed by atoms with van der Waals surface area (Å²) in [5.74, 6) is -0.777. The van der Waals surface area contributed by atoms with E-state index in [9.17, 15) is 19.5 Å². The highest BCUT2D eigenvalue weighted by Gasteiger charge is 2.36. The Morgan fingerprint density at radius 3 is 2.60 bits per heavy atom. The second kappa shape index (κ2) is 8.91. The molecule has 0 aromatic heterocycles. The van der Waals surface area contributed by atoms with E-state index in [1.807, 2.05) is 18.2 Å². The molecule has 0 spiro atoms. The second-order valence-corrected chi connectivity index (χ2v) is 7.60. The Bertz CT molecular complexity index is 875. The molecule has 0 bridgehead atoms. The summed E-state index contributed by atoms with van der Waals surface area (Å²) in [6.07, 6.45) is 6.67. The van der Waals surface area contributed by atoms with Gasteiger partial charge in [-0.3, -0.25) is 19.3 Å². The van der Waals surface area contributed by atoms with E-state index in [4.69, 9.17) is 4.74 Å². The van der Waals surface area contributed by atoms with Gasteiger partial charge in [-0.15, -0.1) is 0 Å². The van der Waals surface area contributed by atoms with Crippen molar-refractivity contribution in [2.75, 3.05) is 32.8 Å². The quantitative estimate of drug-likeness (QED) is 0.669. The predicted octanol–water partition coefficient (Wildman–Crippen LogP) is 0.694. The number of ether oxygens (including phenoxy) is 1. The van der Waals surface area contributed by atoms with Gasteiger partial charge in [-0.05, 0) is 31.1 Å². The van der Waals surface area contributed by atoms with Crippen molar-refractivity contribution in [3.63, 3.8) is 0 Å². The zero-order valence-electron chi connectivity index (χ0n) is 16.6. The highest BCUT2D eigenvalue weighted by atomic mass is 16.5. The number of benzene rings is 1. The van der Waals surface area contributed by atoms with Crippen molar-refractivity contribution in [1.82, 2.24) is 15.1 Å². The summed E-state index contributed by atoms with van der Waals surface area (Å²) in [5.41, 5.74) is 1.63. The summed E-state index contributed by atoms with van der Waals surface area (Å²) < 4.78 is 5.18. The molecule has 8 heteroatoms. The molecule has 2 unspecified atom stereocenters. The number of fused-ring (bicyclic) bond motifs is 1. The van der Waals surface area contributed by atoms with E-state index in [0.717, 1.165) is 23.4 Å². The zero-order valence-corrected chi connectivity index (χ0v) is 16.6. The third-order valence-corrected chi connectivity index (χ3v) is 5.52. The van der Waals surface area contributed by atoms with Gasteiger partial charge in [0.05, 0.1) is 30.4 Å². The molecule has 1 aromatic carbocycles. The fourth-order valence-electron chi connectivity index (χ4n) is 3.92. The van der Waals surface area contributed by atoms with Gasteiger partial charge in [0.1, 0.15) is 6.61 Å². The lowest BCUT2D eigenvalue weighted by molar-refractivity contribution is -0.139. The smallest absolute Gasteiger partial charge is 0.261 e. The van der Waals surface area contributed by atoms with E-state index in [1.54, 1.807) is 29.2 Å². The van der Waals surface area contributed by atoms with Crippen LogP contribution in [0.1, 0.15) is 33.6 Å². The Balaban J connectivity index is 1.29. The molecule has 30 heavy (non-hydrogen) atoms. The topological polar surface area (TPSA) is 99.2 Å². The van der Waals surface area contributed by atoms with Crippen molar-refractivity contribution >= 4 is 17.7 Å². The first-order valence-electron chi connectivity index (χ1n) is 10.2. The third kappa shape index (κ3) is 4.21. The molecule has 0 radical (unpaired) electrons. The number of rotatable bonds is 6. The van der Waals surface area contributed by atoms with Gasteiger partial charge in [-0.2, -0.15) is 0 Å². The first-order valence-corrected chi connectivity index (χ1v) is 10.2. The molecule has 1 fully saturated rings. The van der Waals surface area contributed by atoms with Gasteiger partial charge >= 0.3 is 0 Å². The maximum absolute atomic E-state index is 12.4. The molecule has 8 nitrogen and oxygen atoms in total. The Morgan fingerprint density at radius 1 is 1.17 bits per heavy atom. The molecular formula is C22H25N3O5. The number of amides is 3. The first kappa shape index (κ1) is 20.5. The third-order valence-electron chi connectivity index (χ3n) is 5.52. The van der Waals surface area contributed by atoms with Crippen molar-refractivity contribution in [3.05, 3.63) is 59.3 Å². The van der Waals surface area contributed by atoms with Crippen LogP contribution in [0.15, 0.2) is 48.2 Å². The number of β-amino-alcohol motifs (C(OH)–C–C–N with tert-alkyl or cyclic N) is 1. The van der Waals surface area contributed by atoms with Crippen LogP contribution in [0.2, 0.25) is 0 Å². The lowest BCUT2D eigenvalue weighted by Crippen LogP contribution is -2.43. The van der Waals surface area contributed by atoms with Crippen molar-refractivity contribution in [1.29, 1.82) is 0 Å². The standard InChI is InChI=1S/C22H25N3O5/c26-17(13-25-21(28)18-6-1-2-7-19(18)22(25)29)12-23-15-4-3-5-16(9-8-15)24-10-11-30-14-20(24)27/h1-2,5-9,15,17,23,26H,3-4,10-14H2.